The third-order valence-electron chi connectivity index (χ3n) is 4.59. The van der Waals surface area contributed by atoms with Gasteiger partial charge in [0.25, 0.3) is 0 Å². The summed E-state index contributed by atoms with van der Waals surface area (Å²) < 4.78 is 5.45. The average molecular weight is 324 g/mol. The predicted octanol–water partition coefficient (Wildman–Crippen LogP) is 0.541. The molecule has 0 saturated carbocycles. The number of primary amides is 1. The number of ether oxygens (including phenoxy) is 1. The van der Waals surface area contributed by atoms with Crippen LogP contribution in [0.4, 0.5) is 0 Å². The number of carbonyl (C=O) groups is 1. The first-order chi connectivity index (χ1) is 10.7. The van der Waals surface area contributed by atoms with E-state index < -0.39 is 0 Å². The lowest BCUT2D eigenvalue weighted by atomic mass is 10.0. The normalized spacial score (nSPS) is 25.9. The van der Waals surface area contributed by atoms with Gasteiger partial charge in [-0.05, 0) is 12.8 Å². The van der Waals surface area contributed by atoms with Crippen LogP contribution in [-0.2, 0) is 16.1 Å². The summed E-state index contributed by atoms with van der Waals surface area (Å²) >= 11 is 1.66. The van der Waals surface area contributed by atoms with Gasteiger partial charge in [0.2, 0.25) is 5.91 Å². The van der Waals surface area contributed by atoms with Crippen LogP contribution in [0.25, 0.3) is 0 Å². The van der Waals surface area contributed by atoms with Gasteiger partial charge < -0.3 is 10.5 Å². The molecule has 2 fully saturated rings. The van der Waals surface area contributed by atoms with E-state index in [2.05, 4.69) is 14.8 Å². The van der Waals surface area contributed by atoms with Crippen molar-refractivity contribution in [2.24, 2.45) is 11.7 Å². The highest BCUT2D eigenvalue weighted by molar-refractivity contribution is 7.09. The van der Waals surface area contributed by atoms with Gasteiger partial charge in [0, 0.05) is 57.0 Å². The van der Waals surface area contributed by atoms with Crippen LogP contribution in [0.2, 0.25) is 0 Å². The van der Waals surface area contributed by atoms with Crippen molar-refractivity contribution in [3.05, 3.63) is 16.6 Å². The molecule has 7 heteroatoms. The first-order valence-electron chi connectivity index (χ1n) is 7.94. The second-order valence-corrected chi connectivity index (χ2v) is 7.08. The molecule has 2 aliphatic rings. The first kappa shape index (κ1) is 15.9. The van der Waals surface area contributed by atoms with E-state index in [-0.39, 0.29) is 11.8 Å². The van der Waals surface area contributed by atoms with E-state index in [0.29, 0.717) is 6.04 Å². The SMILES string of the molecule is NC(=O)C1CN(Cc2nccs2)CCN(C2CCOCC2)C1. The maximum Gasteiger partial charge on any atom is 0.223 e. The zero-order valence-electron chi connectivity index (χ0n) is 12.8. The van der Waals surface area contributed by atoms with Crippen molar-refractivity contribution >= 4 is 17.2 Å². The third-order valence-corrected chi connectivity index (χ3v) is 5.35. The molecular weight excluding hydrogens is 300 g/mol. The summed E-state index contributed by atoms with van der Waals surface area (Å²) in [6, 6.07) is 0.524. The van der Waals surface area contributed by atoms with Gasteiger partial charge in [-0.25, -0.2) is 4.98 Å². The van der Waals surface area contributed by atoms with Crippen LogP contribution >= 0.6 is 11.3 Å². The van der Waals surface area contributed by atoms with Crippen LogP contribution in [0, 0.1) is 5.92 Å². The lowest BCUT2D eigenvalue weighted by Gasteiger charge is -2.34. The summed E-state index contributed by atoms with van der Waals surface area (Å²) in [5.74, 6) is -0.298. The molecule has 0 bridgehead atoms. The minimum Gasteiger partial charge on any atom is -0.381 e. The van der Waals surface area contributed by atoms with E-state index >= 15 is 0 Å². The van der Waals surface area contributed by atoms with E-state index in [1.165, 1.54) is 0 Å². The van der Waals surface area contributed by atoms with Crippen LogP contribution in [0.1, 0.15) is 17.8 Å². The van der Waals surface area contributed by atoms with Crippen LogP contribution in [0.3, 0.4) is 0 Å². The van der Waals surface area contributed by atoms with Crippen molar-refractivity contribution in [1.82, 2.24) is 14.8 Å². The fourth-order valence-corrected chi connectivity index (χ4v) is 3.99. The Bertz CT molecular complexity index is 476. The molecular formula is C15H24N4O2S. The van der Waals surface area contributed by atoms with Crippen molar-refractivity contribution in [3.63, 3.8) is 0 Å². The number of thiazole rings is 1. The van der Waals surface area contributed by atoms with Gasteiger partial charge in [0.05, 0.1) is 12.5 Å². The largest absolute Gasteiger partial charge is 0.381 e. The summed E-state index contributed by atoms with van der Waals surface area (Å²) in [6.07, 6.45) is 3.94. The maximum atomic E-state index is 11.8. The zero-order valence-corrected chi connectivity index (χ0v) is 13.6. The molecule has 1 amide bonds. The van der Waals surface area contributed by atoms with Gasteiger partial charge >= 0.3 is 0 Å². The Morgan fingerprint density at radius 2 is 2.18 bits per heavy atom. The monoisotopic (exact) mass is 324 g/mol. The molecule has 2 N–H and O–H groups in total. The Labute approximate surface area is 135 Å². The van der Waals surface area contributed by atoms with Crippen molar-refractivity contribution in [1.29, 1.82) is 0 Å². The average Bonchev–Trinajstić information content (AvgIpc) is 2.93. The van der Waals surface area contributed by atoms with Gasteiger partial charge in [-0.1, -0.05) is 0 Å². The van der Waals surface area contributed by atoms with E-state index in [0.717, 1.165) is 63.8 Å². The van der Waals surface area contributed by atoms with Crippen molar-refractivity contribution in [3.8, 4) is 0 Å². The molecule has 2 saturated heterocycles. The minimum atomic E-state index is -0.192. The standard InChI is InChI=1S/C15H24N4O2S/c16-15(20)12-9-18(11-14-17-3-8-22-14)4-5-19(10-12)13-1-6-21-7-2-13/h3,8,12-13H,1-2,4-7,9-11H2,(H2,16,20). The third kappa shape index (κ3) is 4.04. The topological polar surface area (TPSA) is 71.7 Å². The number of carbonyl (C=O) groups excluding carboxylic acids is 1. The maximum absolute atomic E-state index is 11.8. The first-order valence-corrected chi connectivity index (χ1v) is 8.82. The summed E-state index contributed by atoms with van der Waals surface area (Å²) in [5, 5.41) is 3.09. The van der Waals surface area contributed by atoms with Crippen molar-refractivity contribution < 1.29 is 9.53 Å². The van der Waals surface area contributed by atoms with E-state index in [1.54, 1.807) is 11.3 Å². The highest BCUT2D eigenvalue weighted by Crippen LogP contribution is 2.20. The number of hydrogen-bond acceptors (Lipinski definition) is 6. The van der Waals surface area contributed by atoms with Crippen LogP contribution < -0.4 is 5.73 Å². The summed E-state index contributed by atoms with van der Waals surface area (Å²) in [5.41, 5.74) is 5.63. The highest BCUT2D eigenvalue weighted by Gasteiger charge is 2.31. The Morgan fingerprint density at radius 1 is 1.36 bits per heavy atom. The second kappa shape index (κ2) is 7.50. The second-order valence-electron chi connectivity index (χ2n) is 6.10. The van der Waals surface area contributed by atoms with Gasteiger partial charge in [-0.2, -0.15) is 0 Å². The molecule has 1 aromatic heterocycles. The van der Waals surface area contributed by atoms with Gasteiger partial charge in [-0.3, -0.25) is 14.6 Å². The summed E-state index contributed by atoms with van der Waals surface area (Å²) in [4.78, 5) is 20.9. The predicted molar refractivity (Wildman–Crippen MR) is 85.5 cm³/mol. The molecule has 0 spiro atoms. The zero-order chi connectivity index (χ0) is 15.4. The van der Waals surface area contributed by atoms with Crippen molar-refractivity contribution in [2.45, 2.75) is 25.4 Å². The van der Waals surface area contributed by atoms with Crippen LogP contribution in [0.5, 0.6) is 0 Å². The van der Waals surface area contributed by atoms with E-state index in [1.807, 2.05) is 11.6 Å². The molecule has 0 aliphatic carbocycles. The van der Waals surface area contributed by atoms with Crippen LogP contribution in [-0.4, -0.2) is 66.1 Å². The molecule has 1 unspecified atom stereocenters. The highest BCUT2D eigenvalue weighted by atomic mass is 32.1. The molecule has 3 heterocycles. The summed E-state index contributed by atoms with van der Waals surface area (Å²) in [6.45, 7) is 5.91. The molecule has 22 heavy (non-hydrogen) atoms. The molecule has 0 aromatic carbocycles. The van der Waals surface area contributed by atoms with Gasteiger partial charge in [-0.15, -0.1) is 11.3 Å². The number of rotatable bonds is 4. The number of amides is 1. The summed E-state index contributed by atoms with van der Waals surface area (Å²) in [7, 11) is 0. The van der Waals surface area contributed by atoms with E-state index in [9.17, 15) is 4.79 Å². The van der Waals surface area contributed by atoms with Gasteiger partial charge in [0.1, 0.15) is 5.01 Å². The lowest BCUT2D eigenvalue weighted by Crippen LogP contribution is -2.44. The molecule has 6 nitrogen and oxygen atoms in total. The molecule has 3 rings (SSSR count). The number of nitrogens with two attached hydrogens (primary N) is 1. The number of nitrogens with zero attached hydrogens (tertiary/aromatic N) is 3. The molecule has 1 aromatic rings. The van der Waals surface area contributed by atoms with Gasteiger partial charge in [0.15, 0.2) is 0 Å². The Balaban J connectivity index is 1.65. The Kier molecular flexibility index (Phi) is 5.41. The number of aromatic nitrogens is 1. The molecule has 2 aliphatic heterocycles. The van der Waals surface area contributed by atoms with Crippen LogP contribution in [0.15, 0.2) is 11.6 Å². The fraction of sp³-hybridized carbons (Fsp3) is 0.733. The quantitative estimate of drug-likeness (QED) is 0.875. The molecule has 122 valence electrons. The molecule has 1 atom stereocenters. The van der Waals surface area contributed by atoms with Crippen molar-refractivity contribution in [2.75, 3.05) is 39.4 Å². The van der Waals surface area contributed by atoms with E-state index in [4.69, 9.17) is 10.5 Å². The molecule has 0 radical (unpaired) electrons. The fourth-order valence-electron chi connectivity index (χ4n) is 3.33. The Morgan fingerprint density at radius 3 is 2.86 bits per heavy atom. The Hall–Kier alpha value is -1.02. The smallest absolute Gasteiger partial charge is 0.223 e. The lowest BCUT2D eigenvalue weighted by molar-refractivity contribution is -0.122. The number of hydrogen-bond donors (Lipinski definition) is 1. The minimum absolute atomic E-state index is 0.106.